The third-order valence-corrected chi connectivity index (χ3v) is 3.41. The number of nitrogens with two attached hydrogens (primary N) is 1. The lowest BCUT2D eigenvalue weighted by molar-refractivity contribution is -0.122. The molecule has 0 bridgehead atoms. The molecule has 0 radical (unpaired) electrons. The molecule has 3 N–H and O–H groups in total. The zero-order valence-corrected chi connectivity index (χ0v) is 13.2. The molecule has 0 aliphatic carbocycles. The Kier molecular flexibility index (Phi) is 8.71. The highest BCUT2D eigenvalue weighted by Gasteiger charge is 2.07. The van der Waals surface area contributed by atoms with Gasteiger partial charge in [-0.25, -0.2) is 0 Å². The van der Waals surface area contributed by atoms with Gasteiger partial charge in [-0.05, 0) is 31.0 Å². The lowest BCUT2D eigenvalue weighted by Crippen LogP contribution is -2.22. The number of nitrogens with one attached hydrogen (secondary N) is 1. The molecular formula is C17H28N2O2. The Labute approximate surface area is 128 Å². The van der Waals surface area contributed by atoms with Crippen LogP contribution in [0.15, 0.2) is 24.3 Å². The summed E-state index contributed by atoms with van der Waals surface area (Å²) in [7, 11) is 0. The monoisotopic (exact) mass is 292 g/mol. The molecule has 0 fully saturated rings. The Balaban J connectivity index is 2.23. The van der Waals surface area contributed by atoms with E-state index in [1.807, 2.05) is 31.2 Å². The van der Waals surface area contributed by atoms with Crippen LogP contribution in [-0.4, -0.2) is 18.6 Å². The molecule has 0 heterocycles. The number of amides is 1. The van der Waals surface area contributed by atoms with Gasteiger partial charge in [0, 0.05) is 12.2 Å². The number of benzene rings is 1. The molecule has 21 heavy (non-hydrogen) atoms. The summed E-state index contributed by atoms with van der Waals surface area (Å²) in [5.41, 5.74) is 7.34. The Morgan fingerprint density at radius 3 is 2.86 bits per heavy atom. The van der Waals surface area contributed by atoms with Crippen LogP contribution in [-0.2, 0) is 16.1 Å². The summed E-state index contributed by atoms with van der Waals surface area (Å²) in [5.74, 6) is -0.121. The highest BCUT2D eigenvalue weighted by Crippen LogP contribution is 2.11. The molecule has 0 saturated carbocycles. The van der Waals surface area contributed by atoms with Crippen molar-refractivity contribution in [2.75, 3.05) is 11.9 Å². The van der Waals surface area contributed by atoms with Gasteiger partial charge >= 0.3 is 0 Å². The first-order valence-corrected chi connectivity index (χ1v) is 7.86. The summed E-state index contributed by atoms with van der Waals surface area (Å²) in [5, 5.41) is 2.83. The van der Waals surface area contributed by atoms with Crippen LogP contribution in [0, 0.1) is 0 Å². The fourth-order valence-corrected chi connectivity index (χ4v) is 2.13. The fourth-order valence-electron chi connectivity index (χ4n) is 2.13. The van der Waals surface area contributed by atoms with Crippen molar-refractivity contribution in [3.8, 4) is 0 Å². The summed E-state index contributed by atoms with van der Waals surface area (Å²) in [4.78, 5) is 11.8. The van der Waals surface area contributed by atoms with E-state index in [0.29, 0.717) is 6.54 Å². The van der Waals surface area contributed by atoms with Crippen LogP contribution in [0.2, 0.25) is 0 Å². The van der Waals surface area contributed by atoms with Gasteiger partial charge in [-0.2, -0.15) is 0 Å². The molecule has 1 aromatic carbocycles. The van der Waals surface area contributed by atoms with Gasteiger partial charge in [0.1, 0.15) is 6.61 Å². The minimum absolute atomic E-state index is 0.0990. The van der Waals surface area contributed by atoms with Gasteiger partial charge in [-0.15, -0.1) is 0 Å². The Hall–Kier alpha value is -1.39. The number of hydrogen-bond donors (Lipinski definition) is 2. The van der Waals surface area contributed by atoms with Gasteiger partial charge < -0.3 is 15.8 Å². The number of anilines is 1. The van der Waals surface area contributed by atoms with Crippen LogP contribution < -0.4 is 11.1 Å². The summed E-state index contributed by atoms with van der Waals surface area (Å²) in [6, 6.07) is 7.55. The second-order valence-electron chi connectivity index (χ2n) is 5.42. The van der Waals surface area contributed by atoms with Crippen LogP contribution in [0.4, 0.5) is 5.69 Å². The van der Waals surface area contributed by atoms with Gasteiger partial charge in [0.2, 0.25) is 5.91 Å². The molecule has 1 amide bonds. The average molecular weight is 292 g/mol. The van der Waals surface area contributed by atoms with Crippen molar-refractivity contribution in [1.82, 2.24) is 0 Å². The van der Waals surface area contributed by atoms with Crippen LogP contribution in [0.1, 0.15) is 51.5 Å². The van der Waals surface area contributed by atoms with Crippen LogP contribution >= 0.6 is 0 Å². The molecular weight excluding hydrogens is 264 g/mol. The van der Waals surface area contributed by atoms with E-state index >= 15 is 0 Å². The van der Waals surface area contributed by atoms with Gasteiger partial charge in [0.05, 0.1) is 6.10 Å². The molecule has 0 spiro atoms. The zero-order chi connectivity index (χ0) is 15.5. The van der Waals surface area contributed by atoms with Gasteiger partial charge in [-0.1, -0.05) is 44.7 Å². The lowest BCUT2D eigenvalue weighted by Gasteiger charge is -2.13. The minimum atomic E-state index is -0.121. The van der Waals surface area contributed by atoms with E-state index in [4.69, 9.17) is 10.5 Å². The lowest BCUT2D eigenvalue weighted by atomic mass is 10.1. The normalized spacial score (nSPS) is 12.1. The molecule has 1 atom stereocenters. The molecule has 0 aliphatic heterocycles. The zero-order valence-electron chi connectivity index (χ0n) is 13.2. The number of carbonyl (C=O) groups excluding carboxylic acids is 1. The Bertz CT molecular complexity index is 421. The van der Waals surface area contributed by atoms with E-state index < -0.39 is 0 Å². The van der Waals surface area contributed by atoms with Crippen LogP contribution in [0.3, 0.4) is 0 Å². The quantitative estimate of drug-likeness (QED) is 0.649. The summed E-state index contributed by atoms with van der Waals surface area (Å²) in [6.45, 7) is 4.79. The topological polar surface area (TPSA) is 64.3 Å². The second kappa shape index (κ2) is 10.4. The molecule has 0 aromatic heterocycles. The molecule has 4 nitrogen and oxygen atoms in total. The Morgan fingerprint density at radius 2 is 2.14 bits per heavy atom. The molecule has 118 valence electrons. The van der Waals surface area contributed by atoms with E-state index in [1.54, 1.807) is 0 Å². The number of ether oxygens (including phenoxy) is 1. The van der Waals surface area contributed by atoms with Crippen molar-refractivity contribution < 1.29 is 9.53 Å². The fraction of sp³-hybridized carbons (Fsp3) is 0.588. The summed E-state index contributed by atoms with van der Waals surface area (Å²) < 4.78 is 5.58. The second-order valence-corrected chi connectivity index (χ2v) is 5.42. The SMILES string of the molecule is CCCCCCC(C)OCC(=O)Nc1cccc(CN)c1. The van der Waals surface area contributed by atoms with E-state index in [9.17, 15) is 4.79 Å². The van der Waals surface area contributed by atoms with E-state index in [1.165, 1.54) is 19.3 Å². The predicted octanol–water partition coefficient (Wildman–Crippen LogP) is 3.46. The highest BCUT2D eigenvalue weighted by molar-refractivity contribution is 5.91. The van der Waals surface area contributed by atoms with Crippen molar-refractivity contribution in [1.29, 1.82) is 0 Å². The van der Waals surface area contributed by atoms with E-state index in [2.05, 4.69) is 12.2 Å². The first kappa shape index (κ1) is 17.7. The molecule has 1 unspecified atom stereocenters. The third kappa shape index (κ3) is 7.83. The average Bonchev–Trinajstić information content (AvgIpc) is 2.50. The van der Waals surface area contributed by atoms with Crippen LogP contribution in [0.5, 0.6) is 0 Å². The van der Waals surface area contributed by atoms with Crippen molar-refractivity contribution in [2.45, 2.75) is 58.6 Å². The smallest absolute Gasteiger partial charge is 0.250 e. The molecule has 1 rings (SSSR count). The van der Waals surface area contributed by atoms with Crippen LogP contribution in [0.25, 0.3) is 0 Å². The van der Waals surface area contributed by atoms with Gasteiger partial charge in [0.25, 0.3) is 0 Å². The maximum absolute atomic E-state index is 11.8. The van der Waals surface area contributed by atoms with Gasteiger partial charge in [0.15, 0.2) is 0 Å². The van der Waals surface area contributed by atoms with Gasteiger partial charge in [-0.3, -0.25) is 4.79 Å². The molecule has 1 aromatic rings. The number of carbonyl (C=O) groups is 1. The molecule has 0 aliphatic rings. The minimum Gasteiger partial charge on any atom is -0.369 e. The molecule has 4 heteroatoms. The van der Waals surface area contributed by atoms with Crippen molar-refractivity contribution in [3.63, 3.8) is 0 Å². The van der Waals surface area contributed by atoms with E-state index in [0.717, 1.165) is 24.1 Å². The number of hydrogen-bond acceptors (Lipinski definition) is 3. The third-order valence-electron chi connectivity index (χ3n) is 3.41. The highest BCUT2D eigenvalue weighted by atomic mass is 16.5. The van der Waals surface area contributed by atoms with E-state index in [-0.39, 0.29) is 18.6 Å². The van der Waals surface area contributed by atoms with Crippen molar-refractivity contribution in [3.05, 3.63) is 29.8 Å². The number of rotatable bonds is 10. The Morgan fingerprint density at radius 1 is 1.33 bits per heavy atom. The first-order valence-electron chi connectivity index (χ1n) is 7.86. The predicted molar refractivity (Wildman–Crippen MR) is 87.1 cm³/mol. The number of unbranched alkanes of at least 4 members (excludes halogenated alkanes) is 3. The maximum Gasteiger partial charge on any atom is 0.250 e. The van der Waals surface area contributed by atoms with Crippen molar-refractivity contribution in [2.24, 2.45) is 5.73 Å². The summed E-state index contributed by atoms with van der Waals surface area (Å²) in [6.07, 6.45) is 6.04. The molecule has 0 saturated heterocycles. The maximum atomic E-state index is 11.8. The van der Waals surface area contributed by atoms with Crippen molar-refractivity contribution >= 4 is 11.6 Å². The standard InChI is InChI=1S/C17H28N2O2/c1-3-4-5-6-8-14(2)21-13-17(20)19-16-10-7-9-15(11-16)12-18/h7,9-11,14H,3-6,8,12-13,18H2,1-2H3,(H,19,20). The summed E-state index contributed by atoms with van der Waals surface area (Å²) >= 11 is 0. The first-order chi connectivity index (χ1) is 10.2. The largest absolute Gasteiger partial charge is 0.369 e.